The molecule has 0 saturated carbocycles. The van der Waals surface area contributed by atoms with Gasteiger partial charge in [0.25, 0.3) is 0 Å². The quantitative estimate of drug-likeness (QED) is 0.637. The van der Waals surface area contributed by atoms with Gasteiger partial charge in [0, 0.05) is 9.77 Å². The Bertz CT molecular complexity index is 790. The van der Waals surface area contributed by atoms with E-state index < -0.39 is 0 Å². The molecule has 5 heteroatoms. The van der Waals surface area contributed by atoms with Crippen LogP contribution in [0.5, 0.6) is 0 Å². The van der Waals surface area contributed by atoms with Crippen LogP contribution in [0.15, 0.2) is 77.0 Å². The standard InChI is InChI=1S/C19H16FNOS2/c20-15-9-4-5-10-16(15)24-13-18(22)21-19(17-11-6-12-23-17)14-7-2-1-3-8-14/h1-12,19H,13H2,(H,21,22)/t19-/m0/s1. The van der Waals surface area contributed by atoms with Gasteiger partial charge < -0.3 is 5.32 Å². The summed E-state index contributed by atoms with van der Waals surface area (Å²) in [6, 6.07) is 20.1. The molecule has 0 saturated heterocycles. The summed E-state index contributed by atoms with van der Waals surface area (Å²) in [5, 5.41) is 5.05. The van der Waals surface area contributed by atoms with Crippen LogP contribution in [0.1, 0.15) is 16.5 Å². The number of carbonyl (C=O) groups is 1. The molecule has 0 spiro atoms. The first-order chi connectivity index (χ1) is 11.7. The second-order valence-electron chi connectivity index (χ2n) is 5.15. The van der Waals surface area contributed by atoms with Crippen molar-refractivity contribution in [3.63, 3.8) is 0 Å². The predicted octanol–water partition coefficient (Wildman–Crippen LogP) is 4.89. The summed E-state index contributed by atoms with van der Waals surface area (Å²) < 4.78 is 13.6. The molecule has 1 aromatic heterocycles. The zero-order valence-corrected chi connectivity index (χ0v) is 14.4. The van der Waals surface area contributed by atoms with E-state index in [0.29, 0.717) is 4.90 Å². The minimum Gasteiger partial charge on any atom is -0.344 e. The lowest BCUT2D eigenvalue weighted by atomic mass is 10.1. The normalized spacial score (nSPS) is 11.9. The van der Waals surface area contributed by atoms with Gasteiger partial charge in [-0.2, -0.15) is 0 Å². The highest BCUT2D eigenvalue weighted by atomic mass is 32.2. The Kier molecular flexibility index (Phi) is 5.67. The van der Waals surface area contributed by atoms with Crippen LogP contribution in [0.2, 0.25) is 0 Å². The van der Waals surface area contributed by atoms with Gasteiger partial charge in [-0.1, -0.05) is 48.5 Å². The molecule has 3 aromatic rings. The molecule has 0 bridgehead atoms. The first-order valence-corrected chi connectivity index (χ1v) is 9.35. The third-order valence-electron chi connectivity index (χ3n) is 3.46. The molecule has 1 N–H and O–H groups in total. The highest BCUT2D eigenvalue weighted by molar-refractivity contribution is 8.00. The van der Waals surface area contributed by atoms with Crippen LogP contribution < -0.4 is 5.32 Å². The number of carbonyl (C=O) groups excluding carboxylic acids is 1. The van der Waals surface area contributed by atoms with E-state index in [4.69, 9.17) is 0 Å². The fraction of sp³-hybridized carbons (Fsp3) is 0.105. The molecule has 1 atom stereocenters. The van der Waals surface area contributed by atoms with Gasteiger partial charge in [-0.15, -0.1) is 23.1 Å². The zero-order valence-electron chi connectivity index (χ0n) is 12.8. The second kappa shape index (κ2) is 8.13. The molecule has 0 radical (unpaired) electrons. The van der Waals surface area contributed by atoms with Crippen LogP contribution in [-0.2, 0) is 4.79 Å². The number of amides is 1. The molecule has 24 heavy (non-hydrogen) atoms. The largest absolute Gasteiger partial charge is 0.344 e. The van der Waals surface area contributed by atoms with Gasteiger partial charge in [-0.3, -0.25) is 4.79 Å². The lowest BCUT2D eigenvalue weighted by Gasteiger charge is -2.18. The molecular weight excluding hydrogens is 341 g/mol. The van der Waals surface area contributed by atoms with Crippen molar-refractivity contribution in [2.75, 3.05) is 5.75 Å². The van der Waals surface area contributed by atoms with Crippen molar-refractivity contribution in [2.45, 2.75) is 10.9 Å². The molecule has 2 nitrogen and oxygen atoms in total. The molecule has 1 amide bonds. The molecular formula is C19H16FNOS2. The van der Waals surface area contributed by atoms with Crippen LogP contribution in [0.3, 0.4) is 0 Å². The van der Waals surface area contributed by atoms with E-state index in [2.05, 4.69) is 5.32 Å². The summed E-state index contributed by atoms with van der Waals surface area (Å²) in [5.41, 5.74) is 1.03. The van der Waals surface area contributed by atoms with Crippen LogP contribution in [-0.4, -0.2) is 11.7 Å². The first-order valence-electron chi connectivity index (χ1n) is 7.49. The molecule has 0 unspecified atom stereocenters. The number of rotatable bonds is 6. The van der Waals surface area contributed by atoms with Crippen molar-refractivity contribution in [3.05, 3.63) is 88.4 Å². The molecule has 122 valence electrons. The lowest BCUT2D eigenvalue weighted by molar-refractivity contribution is -0.119. The molecule has 0 aliphatic rings. The summed E-state index contributed by atoms with van der Waals surface area (Å²) in [4.78, 5) is 13.9. The first kappa shape index (κ1) is 16.7. The highest BCUT2D eigenvalue weighted by Crippen LogP contribution is 2.27. The number of hydrogen-bond acceptors (Lipinski definition) is 3. The molecule has 0 fully saturated rings. The van der Waals surface area contributed by atoms with Crippen molar-refractivity contribution in [2.24, 2.45) is 0 Å². The third-order valence-corrected chi connectivity index (χ3v) is 5.45. The molecule has 2 aromatic carbocycles. The molecule has 0 aliphatic heterocycles. The van der Waals surface area contributed by atoms with E-state index in [1.165, 1.54) is 17.8 Å². The highest BCUT2D eigenvalue weighted by Gasteiger charge is 2.18. The Morgan fingerprint density at radius 3 is 2.50 bits per heavy atom. The van der Waals surface area contributed by atoms with E-state index >= 15 is 0 Å². The Labute approximate surface area is 148 Å². The van der Waals surface area contributed by atoms with Crippen LogP contribution in [0.4, 0.5) is 4.39 Å². The van der Waals surface area contributed by atoms with Crippen molar-refractivity contribution < 1.29 is 9.18 Å². The predicted molar refractivity (Wildman–Crippen MR) is 97.9 cm³/mol. The van der Waals surface area contributed by atoms with Crippen molar-refractivity contribution in [1.29, 1.82) is 0 Å². The van der Waals surface area contributed by atoms with Gasteiger partial charge in [0.2, 0.25) is 5.91 Å². The van der Waals surface area contributed by atoms with Gasteiger partial charge in [0.1, 0.15) is 5.82 Å². The van der Waals surface area contributed by atoms with Crippen LogP contribution in [0, 0.1) is 5.82 Å². The van der Waals surface area contributed by atoms with Crippen LogP contribution >= 0.6 is 23.1 Å². The number of hydrogen-bond donors (Lipinski definition) is 1. The van der Waals surface area contributed by atoms with Gasteiger partial charge in [-0.25, -0.2) is 4.39 Å². The van der Waals surface area contributed by atoms with E-state index in [1.54, 1.807) is 29.5 Å². The minimum atomic E-state index is -0.298. The number of thiophene rings is 1. The van der Waals surface area contributed by atoms with Crippen molar-refractivity contribution >= 4 is 29.0 Å². The summed E-state index contributed by atoms with van der Waals surface area (Å²) in [6.07, 6.45) is 0. The van der Waals surface area contributed by atoms with Gasteiger partial charge in [-0.05, 0) is 29.1 Å². The summed E-state index contributed by atoms with van der Waals surface area (Å²) >= 11 is 2.81. The topological polar surface area (TPSA) is 29.1 Å². The van der Waals surface area contributed by atoms with E-state index in [-0.39, 0.29) is 23.5 Å². The summed E-state index contributed by atoms with van der Waals surface area (Å²) in [5.74, 6) is -0.242. The number of thioether (sulfide) groups is 1. The Morgan fingerprint density at radius 2 is 1.79 bits per heavy atom. The van der Waals surface area contributed by atoms with Crippen LogP contribution in [0.25, 0.3) is 0 Å². The molecule has 3 rings (SSSR count). The van der Waals surface area contributed by atoms with Gasteiger partial charge >= 0.3 is 0 Å². The minimum absolute atomic E-state index is 0.120. The van der Waals surface area contributed by atoms with E-state index in [9.17, 15) is 9.18 Å². The summed E-state index contributed by atoms with van der Waals surface area (Å²) in [7, 11) is 0. The lowest BCUT2D eigenvalue weighted by Crippen LogP contribution is -2.30. The molecule has 1 heterocycles. The third kappa shape index (κ3) is 4.24. The Hall–Kier alpha value is -2.11. The number of nitrogens with one attached hydrogen (secondary N) is 1. The van der Waals surface area contributed by atoms with Gasteiger partial charge in [0.15, 0.2) is 0 Å². The average molecular weight is 357 g/mol. The maximum Gasteiger partial charge on any atom is 0.231 e. The number of benzene rings is 2. The fourth-order valence-corrected chi connectivity index (χ4v) is 3.88. The monoisotopic (exact) mass is 357 g/mol. The average Bonchev–Trinajstić information content (AvgIpc) is 3.14. The zero-order chi connectivity index (χ0) is 16.8. The van der Waals surface area contributed by atoms with Crippen molar-refractivity contribution in [3.8, 4) is 0 Å². The SMILES string of the molecule is O=C(CSc1ccccc1F)N[C@@H](c1ccccc1)c1cccs1. The van der Waals surface area contributed by atoms with Gasteiger partial charge in [0.05, 0.1) is 11.8 Å². The molecule has 0 aliphatic carbocycles. The van der Waals surface area contributed by atoms with E-state index in [0.717, 1.165) is 10.4 Å². The Morgan fingerprint density at radius 1 is 1.04 bits per heavy atom. The maximum atomic E-state index is 13.6. The summed E-state index contributed by atoms with van der Waals surface area (Å²) in [6.45, 7) is 0. The number of halogens is 1. The van der Waals surface area contributed by atoms with E-state index in [1.807, 2.05) is 47.8 Å². The Balaban J connectivity index is 1.69. The van der Waals surface area contributed by atoms with Crippen molar-refractivity contribution in [1.82, 2.24) is 5.32 Å². The fourth-order valence-electron chi connectivity index (χ4n) is 2.33. The smallest absolute Gasteiger partial charge is 0.231 e. The maximum absolute atomic E-state index is 13.6. The second-order valence-corrected chi connectivity index (χ2v) is 7.14.